The van der Waals surface area contributed by atoms with Gasteiger partial charge < -0.3 is 0 Å². The molecule has 0 aliphatic rings. The van der Waals surface area contributed by atoms with E-state index in [0.717, 1.165) is 12.8 Å². The lowest BCUT2D eigenvalue weighted by Gasteiger charge is -2.26. The van der Waals surface area contributed by atoms with Crippen molar-refractivity contribution in [2.75, 3.05) is 0 Å². The molecule has 0 fully saturated rings. The van der Waals surface area contributed by atoms with E-state index in [2.05, 4.69) is 139 Å². The SMILES string of the molecule is CCC(C)(/C=C/c1ccc(C(C)(/C=C/c2ccc(C)cc2)CC)cc1)c1ccc(C)cc1. The predicted molar refractivity (Wildman–Crippen MR) is 142 cm³/mol. The maximum Gasteiger partial charge on any atom is 0.0104 e. The molecule has 0 nitrogen and oxygen atoms in total. The first-order valence-corrected chi connectivity index (χ1v) is 11.9. The predicted octanol–water partition coefficient (Wildman–Crippen LogP) is 9.07. The second kappa shape index (κ2) is 10.2. The molecule has 0 saturated carbocycles. The Morgan fingerprint density at radius 2 is 0.844 bits per heavy atom. The largest absolute Gasteiger partial charge is 0.0736 e. The molecular formula is C32H38. The zero-order valence-electron chi connectivity index (χ0n) is 20.7. The number of hydrogen-bond donors (Lipinski definition) is 0. The van der Waals surface area contributed by atoms with Gasteiger partial charge in [0.15, 0.2) is 0 Å². The van der Waals surface area contributed by atoms with Crippen molar-refractivity contribution in [2.24, 2.45) is 0 Å². The van der Waals surface area contributed by atoms with Crippen LogP contribution in [0, 0.1) is 13.8 Å². The van der Waals surface area contributed by atoms with Crippen LogP contribution < -0.4 is 0 Å². The van der Waals surface area contributed by atoms with Gasteiger partial charge in [0.25, 0.3) is 0 Å². The van der Waals surface area contributed by atoms with Crippen LogP contribution in [-0.2, 0) is 10.8 Å². The highest BCUT2D eigenvalue weighted by molar-refractivity contribution is 5.56. The molecule has 32 heavy (non-hydrogen) atoms. The Morgan fingerprint density at radius 3 is 1.22 bits per heavy atom. The average Bonchev–Trinajstić information content (AvgIpc) is 2.82. The number of benzene rings is 3. The lowest BCUT2D eigenvalue weighted by Crippen LogP contribution is -2.18. The molecule has 166 valence electrons. The van der Waals surface area contributed by atoms with Gasteiger partial charge >= 0.3 is 0 Å². The van der Waals surface area contributed by atoms with E-state index in [1.165, 1.54) is 33.4 Å². The first-order chi connectivity index (χ1) is 15.3. The van der Waals surface area contributed by atoms with E-state index in [4.69, 9.17) is 0 Å². The number of allylic oxidation sites excluding steroid dienone is 2. The molecule has 0 heterocycles. The van der Waals surface area contributed by atoms with E-state index in [-0.39, 0.29) is 10.8 Å². The molecule has 3 rings (SSSR count). The summed E-state index contributed by atoms with van der Waals surface area (Å²) in [4.78, 5) is 0. The Bertz CT molecular complexity index is 1050. The summed E-state index contributed by atoms with van der Waals surface area (Å²) in [6, 6.07) is 26.8. The molecule has 0 saturated heterocycles. The highest BCUT2D eigenvalue weighted by Crippen LogP contribution is 2.32. The zero-order chi connectivity index (χ0) is 23.2. The van der Waals surface area contributed by atoms with E-state index in [1.807, 2.05) is 0 Å². The van der Waals surface area contributed by atoms with Gasteiger partial charge in [-0.1, -0.05) is 136 Å². The average molecular weight is 423 g/mol. The molecule has 0 N–H and O–H groups in total. The van der Waals surface area contributed by atoms with Crippen molar-refractivity contribution < 1.29 is 0 Å². The van der Waals surface area contributed by atoms with Crippen LogP contribution in [0.25, 0.3) is 12.2 Å². The molecule has 0 aromatic heterocycles. The second-order valence-corrected chi connectivity index (χ2v) is 9.61. The highest BCUT2D eigenvalue weighted by atomic mass is 14.3. The molecule has 0 bridgehead atoms. The van der Waals surface area contributed by atoms with Gasteiger partial charge in [0.05, 0.1) is 0 Å². The van der Waals surface area contributed by atoms with E-state index in [0.29, 0.717) is 0 Å². The van der Waals surface area contributed by atoms with Crippen molar-refractivity contribution in [3.8, 4) is 0 Å². The first-order valence-electron chi connectivity index (χ1n) is 11.9. The van der Waals surface area contributed by atoms with Crippen LogP contribution in [-0.4, -0.2) is 0 Å². The van der Waals surface area contributed by atoms with Crippen LogP contribution in [0.4, 0.5) is 0 Å². The fraction of sp³-hybridized carbons (Fsp3) is 0.312. The van der Waals surface area contributed by atoms with Gasteiger partial charge in [0.2, 0.25) is 0 Å². The Hall–Kier alpha value is -2.86. The van der Waals surface area contributed by atoms with Crippen LogP contribution in [0.5, 0.6) is 0 Å². The van der Waals surface area contributed by atoms with Crippen molar-refractivity contribution in [3.05, 3.63) is 118 Å². The van der Waals surface area contributed by atoms with Gasteiger partial charge in [-0.3, -0.25) is 0 Å². The fourth-order valence-corrected chi connectivity index (χ4v) is 3.98. The molecule has 0 radical (unpaired) electrons. The third kappa shape index (κ3) is 5.68. The molecule has 0 aliphatic carbocycles. The minimum atomic E-state index is 0.0208. The van der Waals surface area contributed by atoms with Crippen LogP contribution in [0.2, 0.25) is 0 Å². The molecule has 3 aromatic carbocycles. The molecule has 0 aliphatic heterocycles. The molecule has 3 aromatic rings. The summed E-state index contributed by atoms with van der Waals surface area (Å²) in [5.41, 5.74) is 7.91. The number of aryl methyl sites for hydroxylation is 2. The Morgan fingerprint density at radius 1 is 0.531 bits per heavy atom. The van der Waals surface area contributed by atoms with Crippen molar-refractivity contribution in [1.29, 1.82) is 0 Å². The van der Waals surface area contributed by atoms with Crippen molar-refractivity contribution in [2.45, 2.75) is 65.2 Å². The maximum absolute atomic E-state index is 2.36. The van der Waals surface area contributed by atoms with Gasteiger partial charge in [-0.25, -0.2) is 0 Å². The molecule has 2 unspecified atom stereocenters. The minimum Gasteiger partial charge on any atom is -0.0736 e. The van der Waals surface area contributed by atoms with Gasteiger partial charge in [-0.15, -0.1) is 0 Å². The summed E-state index contributed by atoms with van der Waals surface area (Å²) in [6.45, 7) is 13.5. The lowest BCUT2D eigenvalue weighted by atomic mass is 9.78. The van der Waals surface area contributed by atoms with E-state index >= 15 is 0 Å². The second-order valence-electron chi connectivity index (χ2n) is 9.61. The van der Waals surface area contributed by atoms with Crippen molar-refractivity contribution >= 4 is 12.2 Å². The molecule has 0 spiro atoms. The van der Waals surface area contributed by atoms with Crippen molar-refractivity contribution in [1.82, 2.24) is 0 Å². The summed E-state index contributed by atoms with van der Waals surface area (Å²) in [5.74, 6) is 0. The Labute approximate surface area is 195 Å². The number of rotatable bonds is 8. The van der Waals surface area contributed by atoms with Crippen LogP contribution in [0.15, 0.2) is 84.9 Å². The smallest absolute Gasteiger partial charge is 0.0104 e. The quantitative estimate of drug-likeness (QED) is 0.339. The summed E-state index contributed by atoms with van der Waals surface area (Å²) >= 11 is 0. The van der Waals surface area contributed by atoms with Gasteiger partial charge in [0.1, 0.15) is 0 Å². The zero-order valence-corrected chi connectivity index (χ0v) is 20.7. The van der Waals surface area contributed by atoms with E-state index < -0.39 is 0 Å². The Kier molecular flexibility index (Phi) is 7.56. The molecular weight excluding hydrogens is 384 g/mol. The summed E-state index contributed by atoms with van der Waals surface area (Å²) in [7, 11) is 0. The summed E-state index contributed by atoms with van der Waals surface area (Å²) in [6.07, 6.45) is 11.4. The fourth-order valence-electron chi connectivity index (χ4n) is 3.98. The standard InChI is InChI=1S/C32H38/c1-7-31(5,29-17-11-26(4)12-18-29)24-22-28-15-19-30(20-16-28)32(6,8-2)23-21-27-13-9-25(3)10-14-27/h9-24H,7-8H2,1-6H3/b23-21+,24-22+. The Balaban J connectivity index is 1.79. The van der Waals surface area contributed by atoms with Crippen molar-refractivity contribution in [3.63, 3.8) is 0 Å². The van der Waals surface area contributed by atoms with Gasteiger partial charge in [0, 0.05) is 10.8 Å². The number of hydrogen-bond acceptors (Lipinski definition) is 0. The molecule has 2 atom stereocenters. The molecule has 0 amide bonds. The lowest BCUT2D eigenvalue weighted by molar-refractivity contribution is 0.574. The maximum atomic E-state index is 2.36. The van der Waals surface area contributed by atoms with E-state index in [1.54, 1.807) is 0 Å². The third-order valence-electron chi connectivity index (χ3n) is 7.11. The highest BCUT2D eigenvalue weighted by Gasteiger charge is 2.22. The summed E-state index contributed by atoms with van der Waals surface area (Å²) in [5, 5.41) is 0. The van der Waals surface area contributed by atoms with Gasteiger partial charge in [-0.05, 0) is 48.9 Å². The van der Waals surface area contributed by atoms with Gasteiger partial charge in [-0.2, -0.15) is 0 Å². The summed E-state index contributed by atoms with van der Waals surface area (Å²) < 4.78 is 0. The van der Waals surface area contributed by atoms with Crippen LogP contribution in [0.3, 0.4) is 0 Å². The monoisotopic (exact) mass is 422 g/mol. The first kappa shape index (κ1) is 23.8. The van der Waals surface area contributed by atoms with Crippen LogP contribution >= 0.6 is 0 Å². The normalized spacial score (nSPS) is 15.7. The van der Waals surface area contributed by atoms with Crippen LogP contribution in [0.1, 0.15) is 73.9 Å². The molecule has 0 heteroatoms. The topological polar surface area (TPSA) is 0 Å². The minimum absolute atomic E-state index is 0.0208. The van der Waals surface area contributed by atoms with E-state index in [9.17, 15) is 0 Å². The third-order valence-corrected chi connectivity index (χ3v) is 7.11.